The molecule has 3 rings (SSSR count). The number of carbonyl (C=O) groups is 3. The van der Waals surface area contributed by atoms with E-state index in [4.69, 9.17) is 4.79 Å². The monoisotopic (exact) mass is 408 g/mol. The molecule has 3 heterocycles. The van der Waals surface area contributed by atoms with Crippen molar-refractivity contribution < 1.29 is 14.4 Å². The van der Waals surface area contributed by atoms with Gasteiger partial charge in [0, 0.05) is 38.3 Å². The van der Waals surface area contributed by atoms with Crippen LogP contribution in [-0.2, 0) is 14.4 Å². The molecule has 0 aromatic heterocycles. The van der Waals surface area contributed by atoms with Crippen LogP contribution in [0.15, 0.2) is 0 Å². The molecule has 0 spiro atoms. The Bertz CT molecular complexity index is 490. The Balaban J connectivity index is 0.000000941. The number of aldehydes is 1. The lowest BCUT2D eigenvalue weighted by Crippen LogP contribution is -2.55. The Morgan fingerprint density at radius 2 is 1.07 bits per heavy atom. The molecule has 166 valence electrons. The molecule has 3 aliphatic heterocycles. The number of carbonyl (C=O) groups excluding carboxylic acids is 3. The van der Waals surface area contributed by atoms with Gasteiger partial charge in [-0.2, -0.15) is 0 Å². The second-order valence-corrected chi connectivity index (χ2v) is 8.63. The van der Waals surface area contributed by atoms with E-state index in [0.717, 1.165) is 19.4 Å². The number of likely N-dealkylation sites (tertiary alicyclic amines) is 2. The Labute approximate surface area is 176 Å². The smallest absolute Gasteiger partial charge is 0.236 e. The minimum atomic E-state index is 0.232. The molecule has 7 nitrogen and oxygen atoms in total. The van der Waals surface area contributed by atoms with Crippen LogP contribution in [0.4, 0.5) is 0 Å². The molecular weight excluding hydrogens is 368 g/mol. The van der Waals surface area contributed by atoms with Gasteiger partial charge >= 0.3 is 0 Å². The van der Waals surface area contributed by atoms with Crippen molar-refractivity contribution in [2.24, 2.45) is 0 Å². The van der Waals surface area contributed by atoms with Crippen molar-refractivity contribution in [1.29, 1.82) is 0 Å². The van der Waals surface area contributed by atoms with E-state index >= 15 is 0 Å². The minimum absolute atomic E-state index is 0.232. The molecule has 3 saturated heterocycles. The third kappa shape index (κ3) is 7.37. The highest BCUT2D eigenvalue weighted by molar-refractivity contribution is 5.80. The first-order valence-electron chi connectivity index (χ1n) is 11.4. The summed E-state index contributed by atoms with van der Waals surface area (Å²) in [5.74, 6) is 0.464. The Kier molecular flexibility index (Phi) is 10.1. The average molecular weight is 409 g/mol. The van der Waals surface area contributed by atoms with Crippen LogP contribution in [0, 0.1) is 0 Å². The summed E-state index contributed by atoms with van der Waals surface area (Å²) >= 11 is 0. The predicted octanol–water partition coefficient (Wildman–Crippen LogP) is 1.61. The summed E-state index contributed by atoms with van der Waals surface area (Å²) in [6.07, 6.45) is 8.11. The van der Waals surface area contributed by atoms with Gasteiger partial charge in [-0.25, -0.2) is 0 Å². The number of hydrogen-bond donors (Lipinski definition) is 0. The SMILES string of the molecule is CC1CCCCN1CC(=O)N1CCN(C(=O)CN2CCCCC2C)CC1.CC=O. The Morgan fingerprint density at radius 1 is 0.724 bits per heavy atom. The lowest BCUT2D eigenvalue weighted by atomic mass is 10.0. The third-order valence-electron chi connectivity index (χ3n) is 6.54. The first-order valence-corrected chi connectivity index (χ1v) is 11.4. The summed E-state index contributed by atoms with van der Waals surface area (Å²) in [6, 6.07) is 1.03. The number of piperazine rings is 1. The zero-order valence-electron chi connectivity index (χ0n) is 18.6. The van der Waals surface area contributed by atoms with Gasteiger partial charge in [0.15, 0.2) is 0 Å². The molecule has 2 amide bonds. The molecule has 0 aromatic carbocycles. The van der Waals surface area contributed by atoms with Crippen LogP contribution in [0.25, 0.3) is 0 Å². The zero-order chi connectivity index (χ0) is 21.2. The van der Waals surface area contributed by atoms with E-state index in [0.29, 0.717) is 51.4 Å². The normalized spacial score (nSPS) is 26.4. The summed E-state index contributed by atoms with van der Waals surface area (Å²) in [7, 11) is 0. The highest BCUT2D eigenvalue weighted by Crippen LogP contribution is 2.18. The van der Waals surface area contributed by atoms with Gasteiger partial charge < -0.3 is 14.6 Å². The summed E-state index contributed by atoms with van der Waals surface area (Å²) in [4.78, 5) is 42.6. The van der Waals surface area contributed by atoms with E-state index < -0.39 is 0 Å². The number of hydrogen-bond acceptors (Lipinski definition) is 5. The molecule has 7 heteroatoms. The molecule has 2 unspecified atom stereocenters. The maximum absolute atomic E-state index is 12.6. The van der Waals surface area contributed by atoms with Gasteiger partial charge in [-0.05, 0) is 59.5 Å². The van der Waals surface area contributed by atoms with Gasteiger partial charge in [-0.1, -0.05) is 12.8 Å². The van der Waals surface area contributed by atoms with Crippen LogP contribution >= 0.6 is 0 Å². The molecule has 3 fully saturated rings. The van der Waals surface area contributed by atoms with Gasteiger partial charge in [0.1, 0.15) is 6.29 Å². The number of amides is 2. The maximum Gasteiger partial charge on any atom is 0.236 e. The number of nitrogens with zero attached hydrogens (tertiary/aromatic N) is 4. The lowest BCUT2D eigenvalue weighted by Gasteiger charge is -2.39. The predicted molar refractivity (Wildman–Crippen MR) is 115 cm³/mol. The summed E-state index contributed by atoms with van der Waals surface area (Å²) in [6.45, 7) is 11.8. The molecule has 3 aliphatic rings. The molecule has 0 aliphatic carbocycles. The van der Waals surface area contributed by atoms with Crippen molar-refractivity contribution in [3.05, 3.63) is 0 Å². The van der Waals surface area contributed by atoms with Crippen LogP contribution in [-0.4, -0.2) is 102 Å². The largest absolute Gasteiger partial charge is 0.338 e. The fourth-order valence-corrected chi connectivity index (χ4v) is 4.54. The van der Waals surface area contributed by atoms with Gasteiger partial charge in [0.05, 0.1) is 13.1 Å². The van der Waals surface area contributed by atoms with Crippen LogP contribution in [0.1, 0.15) is 59.3 Å². The highest BCUT2D eigenvalue weighted by Gasteiger charge is 2.29. The highest BCUT2D eigenvalue weighted by atomic mass is 16.2. The van der Waals surface area contributed by atoms with Crippen LogP contribution in [0.5, 0.6) is 0 Å². The molecule has 0 aromatic rings. The van der Waals surface area contributed by atoms with E-state index in [1.807, 2.05) is 9.80 Å². The van der Waals surface area contributed by atoms with Crippen LogP contribution in [0.2, 0.25) is 0 Å². The molecule has 29 heavy (non-hydrogen) atoms. The third-order valence-corrected chi connectivity index (χ3v) is 6.54. The zero-order valence-corrected chi connectivity index (χ0v) is 18.6. The van der Waals surface area contributed by atoms with E-state index in [-0.39, 0.29) is 11.8 Å². The second-order valence-electron chi connectivity index (χ2n) is 8.63. The number of piperidine rings is 2. The van der Waals surface area contributed by atoms with E-state index in [2.05, 4.69) is 23.6 Å². The number of rotatable bonds is 4. The molecule has 0 N–H and O–H groups in total. The van der Waals surface area contributed by atoms with Gasteiger partial charge in [0.25, 0.3) is 0 Å². The van der Waals surface area contributed by atoms with E-state index in [1.165, 1.54) is 45.4 Å². The van der Waals surface area contributed by atoms with Crippen LogP contribution < -0.4 is 0 Å². The van der Waals surface area contributed by atoms with Crippen molar-refractivity contribution in [1.82, 2.24) is 19.6 Å². The topological polar surface area (TPSA) is 64.2 Å². The van der Waals surface area contributed by atoms with Crippen molar-refractivity contribution >= 4 is 18.1 Å². The van der Waals surface area contributed by atoms with Crippen molar-refractivity contribution in [2.75, 3.05) is 52.4 Å². The molecule has 0 bridgehead atoms. The molecule has 0 radical (unpaired) electrons. The van der Waals surface area contributed by atoms with E-state index in [1.54, 1.807) is 0 Å². The summed E-state index contributed by atoms with van der Waals surface area (Å²) in [5.41, 5.74) is 0. The molecule has 2 atom stereocenters. The maximum atomic E-state index is 12.6. The first kappa shape index (κ1) is 23.8. The second kappa shape index (κ2) is 12.3. The first-order chi connectivity index (χ1) is 14.0. The molecular formula is C22H40N4O3. The Morgan fingerprint density at radius 3 is 1.38 bits per heavy atom. The fraction of sp³-hybridized carbons (Fsp3) is 0.864. The lowest BCUT2D eigenvalue weighted by molar-refractivity contribution is -0.141. The van der Waals surface area contributed by atoms with Crippen LogP contribution in [0.3, 0.4) is 0 Å². The van der Waals surface area contributed by atoms with Crippen molar-refractivity contribution in [3.8, 4) is 0 Å². The minimum Gasteiger partial charge on any atom is -0.338 e. The van der Waals surface area contributed by atoms with Gasteiger partial charge in [-0.3, -0.25) is 19.4 Å². The van der Waals surface area contributed by atoms with Crippen molar-refractivity contribution in [2.45, 2.75) is 71.4 Å². The average Bonchev–Trinajstić information content (AvgIpc) is 2.72. The summed E-state index contributed by atoms with van der Waals surface area (Å²) in [5, 5.41) is 0. The van der Waals surface area contributed by atoms with Gasteiger partial charge in [0.2, 0.25) is 11.8 Å². The summed E-state index contributed by atoms with van der Waals surface area (Å²) < 4.78 is 0. The molecule has 0 saturated carbocycles. The Hall–Kier alpha value is -1.47. The van der Waals surface area contributed by atoms with E-state index in [9.17, 15) is 9.59 Å². The van der Waals surface area contributed by atoms with Crippen molar-refractivity contribution in [3.63, 3.8) is 0 Å². The fourth-order valence-electron chi connectivity index (χ4n) is 4.54. The quantitative estimate of drug-likeness (QED) is 0.662. The van der Waals surface area contributed by atoms with Gasteiger partial charge in [-0.15, -0.1) is 0 Å². The standard InChI is InChI=1S/C20H36N4O2.C2H4O/c1-17-7-3-5-9-23(17)15-19(25)21-11-13-22(14-12-21)20(26)16-24-10-6-4-8-18(24)2;1-2-3/h17-18H,3-16H2,1-2H3;2H,1H3.